The van der Waals surface area contributed by atoms with Crippen LogP contribution >= 0.6 is 11.8 Å². The Morgan fingerprint density at radius 1 is 1.40 bits per heavy atom. The van der Waals surface area contributed by atoms with Crippen molar-refractivity contribution in [3.8, 4) is 0 Å². The summed E-state index contributed by atoms with van der Waals surface area (Å²) in [6.45, 7) is 8.47. The van der Waals surface area contributed by atoms with Crippen molar-refractivity contribution in [1.82, 2.24) is 10.2 Å². The fraction of sp³-hybridized carbons (Fsp3) is 0.286. The predicted octanol–water partition coefficient (Wildman–Crippen LogP) is 5.46. The zero-order valence-corrected chi connectivity index (χ0v) is 17.9. The minimum absolute atomic E-state index is 0.0728. The number of hydrogen-bond acceptors (Lipinski definition) is 5. The van der Waals surface area contributed by atoms with Crippen molar-refractivity contribution in [3.05, 3.63) is 70.7 Å². The molecule has 0 spiro atoms. The zero-order valence-electron chi connectivity index (χ0n) is 17.1. The minimum Gasteiger partial charge on any atom is -0.331 e. The van der Waals surface area contributed by atoms with Crippen molar-refractivity contribution in [2.45, 2.75) is 33.4 Å². The summed E-state index contributed by atoms with van der Waals surface area (Å²) >= 11 is 1.59. The van der Waals surface area contributed by atoms with Gasteiger partial charge in [0.15, 0.2) is 5.82 Å². The number of nitrogens with one attached hydrogen (secondary N) is 1. The quantitative estimate of drug-likeness (QED) is 0.424. The molecule has 0 atom stereocenters. The Labute approximate surface area is 179 Å². The van der Waals surface area contributed by atoms with Crippen LogP contribution in [0.4, 0.5) is 13.2 Å². The van der Waals surface area contributed by atoms with Crippen LogP contribution in [0, 0.1) is 0 Å². The molecule has 0 fully saturated rings. The molecule has 0 aromatic heterocycles. The van der Waals surface area contributed by atoms with E-state index in [1.54, 1.807) is 36.3 Å². The van der Waals surface area contributed by atoms with Crippen molar-refractivity contribution in [3.63, 3.8) is 0 Å². The summed E-state index contributed by atoms with van der Waals surface area (Å²) in [4.78, 5) is 22.7. The number of carbonyl (C=O) groups excluding carboxylic acids is 1. The number of nitrogens with zero attached hydrogens (tertiary/aromatic N) is 3. The lowest BCUT2D eigenvalue weighted by molar-refractivity contribution is -0.119. The van der Waals surface area contributed by atoms with Crippen LogP contribution in [0.1, 0.15) is 27.2 Å². The molecule has 0 unspecified atom stereocenters. The summed E-state index contributed by atoms with van der Waals surface area (Å²) in [5.41, 5.74) is 2.13. The van der Waals surface area contributed by atoms with Crippen LogP contribution in [0.3, 0.4) is 0 Å². The highest BCUT2D eigenvalue weighted by Gasteiger charge is 2.24. The third-order valence-electron chi connectivity index (χ3n) is 3.37. The number of fused-ring (bicyclic) bond motifs is 1. The van der Waals surface area contributed by atoms with Gasteiger partial charge >= 0.3 is 6.18 Å². The van der Waals surface area contributed by atoms with E-state index in [2.05, 4.69) is 32.2 Å². The van der Waals surface area contributed by atoms with Gasteiger partial charge in [-0.25, -0.2) is 4.99 Å². The highest BCUT2D eigenvalue weighted by atomic mass is 32.2. The number of aliphatic imine (C=N–C) groups is 2. The molecule has 0 aliphatic carbocycles. The Morgan fingerprint density at radius 2 is 2.10 bits per heavy atom. The van der Waals surface area contributed by atoms with Gasteiger partial charge in [-0.2, -0.15) is 13.2 Å². The average molecular weight is 439 g/mol. The topological polar surface area (TPSA) is 57.1 Å². The Morgan fingerprint density at radius 3 is 2.77 bits per heavy atom. The van der Waals surface area contributed by atoms with Gasteiger partial charge in [0, 0.05) is 37.7 Å². The van der Waals surface area contributed by atoms with Crippen molar-refractivity contribution >= 4 is 30.1 Å². The maximum atomic E-state index is 12.2. The Bertz CT molecular complexity index is 828. The van der Waals surface area contributed by atoms with E-state index in [9.17, 15) is 18.0 Å². The van der Waals surface area contributed by atoms with Crippen molar-refractivity contribution in [1.29, 1.82) is 0 Å². The number of thioether (sulfide) groups is 1. The van der Waals surface area contributed by atoms with Gasteiger partial charge in [0.2, 0.25) is 5.91 Å². The Kier molecular flexibility index (Phi) is 10.7. The predicted molar refractivity (Wildman–Crippen MR) is 119 cm³/mol. The van der Waals surface area contributed by atoms with Crippen LogP contribution < -0.4 is 5.32 Å². The summed E-state index contributed by atoms with van der Waals surface area (Å²) in [5, 5.41) is 5.96. The van der Waals surface area contributed by atoms with E-state index in [1.165, 1.54) is 5.70 Å². The van der Waals surface area contributed by atoms with Crippen LogP contribution in [0.2, 0.25) is 0 Å². The third kappa shape index (κ3) is 10.7. The van der Waals surface area contributed by atoms with Gasteiger partial charge in [0.1, 0.15) is 5.03 Å². The van der Waals surface area contributed by atoms with Crippen LogP contribution in [0.25, 0.3) is 0 Å². The first kappa shape index (κ1) is 25.2. The van der Waals surface area contributed by atoms with Crippen LogP contribution in [0.5, 0.6) is 0 Å². The minimum atomic E-state index is -4.00. The number of amides is 1. The number of allylic oxidation sites excluding steroid dienone is 6. The van der Waals surface area contributed by atoms with E-state index in [0.717, 1.165) is 17.1 Å². The average Bonchev–Trinajstić information content (AvgIpc) is 3.02. The van der Waals surface area contributed by atoms with Gasteiger partial charge in [-0.15, -0.1) is 0 Å². The lowest BCUT2D eigenvalue weighted by Crippen LogP contribution is -2.30. The highest BCUT2D eigenvalue weighted by Crippen LogP contribution is 2.36. The van der Waals surface area contributed by atoms with Gasteiger partial charge in [-0.1, -0.05) is 42.1 Å². The summed E-state index contributed by atoms with van der Waals surface area (Å²) in [5.74, 6) is 0.551. The van der Waals surface area contributed by atoms with E-state index >= 15 is 0 Å². The van der Waals surface area contributed by atoms with E-state index in [4.69, 9.17) is 0 Å². The van der Waals surface area contributed by atoms with Gasteiger partial charge < -0.3 is 10.2 Å². The molecule has 0 saturated heterocycles. The maximum absolute atomic E-state index is 12.2. The first-order valence-corrected chi connectivity index (χ1v) is 9.87. The third-order valence-corrected chi connectivity index (χ3v) is 4.46. The maximum Gasteiger partial charge on any atom is 0.386 e. The molecule has 2 heterocycles. The largest absolute Gasteiger partial charge is 0.386 e. The fourth-order valence-corrected chi connectivity index (χ4v) is 3.13. The molecular weight excluding hydrogens is 413 g/mol. The second-order valence-electron chi connectivity index (χ2n) is 6.23. The number of rotatable bonds is 7. The highest BCUT2D eigenvalue weighted by molar-refractivity contribution is 8.06. The van der Waals surface area contributed by atoms with Gasteiger partial charge in [0.25, 0.3) is 0 Å². The van der Waals surface area contributed by atoms with E-state index < -0.39 is 6.18 Å². The molecule has 2 aliphatic rings. The standard InChI is InChI=1S/C19H22N4OS.C2H3F3/c1-4-5-9-20-10-7-6-8-15(2)13-17(24)22-18-19-23(12-11-21-18)16(3)14-25-19;1-2(3,4)5/h4-11,14H,1,12-13H2,2-3H3,(H,22,24);1H3/b7-6+,9-5+,15-8+,20-10+;. The molecule has 1 N–H and O–H groups in total. The lowest BCUT2D eigenvalue weighted by Gasteiger charge is -2.24. The zero-order chi connectivity index (χ0) is 22.6. The second kappa shape index (κ2) is 12.7. The number of alkyl halides is 3. The monoisotopic (exact) mass is 438 g/mol. The number of hydrogen-bond donors (Lipinski definition) is 1. The summed E-state index contributed by atoms with van der Waals surface area (Å²) in [7, 11) is 0. The lowest BCUT2D eigenvalue weighted by atomic mass is 10.2. The Balaban J connectivity index is 0.000000804. The van der Waals surface area contributed by atoms with Crippen molar-refractivity contribution in [2.75, 3.05) is 6.54 Å². The van der Waals surface area contributed by atoms with Gasteiger partial charge in [0.05, 0.1) is 6.54 Å². The first-order valence-electron chi connectivity index (χ1n) is 8.99. The summed E-state index contributed by atoms with van der Waals surface area (Å²) in [6.07, 6.45) is 10.4. The molecule has 162 valence electrons. The fourth-order valence-electron chi connectivity index (χ4n) is 2.16. The van der Waals surface area contributed by atoms with Crippen LogP contribution in [-0.4, -0.2) is 36.0 Å². The summed E-state index contributed by atoms with van der Waals surface area (Å²) in [6, 6.07) is 0. The summed E-state index contributed by atoms with van der Waals surface area (Å²) < 4.78 is 31.1. The van der Waals surface area contributed by atoms with E-state index in [0.29, 0.717) is 12.2 Å². The molecule has 0 saturated carbocycles. The molecule has 5 nitrogen and oxygen atoms in total. The van der Waals surface area contributed by atoms with E-state index in [-0.39, 0.29) is 12.8 Å². The smallest absolute Gasteiger partial charge is 0.331 e. The number of carbonyl (C=O) groups is 1. The van der Waals surface area contributed by atoms with Crippen LogP contribution in [0.15, 0.2) is 80.7 Å². The molecule has 0 aromatic rings. The van der Waals surface area contributed by atoms with Gasteiger partial charge in [-0.3, -0.25) is 9.79 Å². The normalized spacial score (nSPS) is 16.8. The molecule has 9 heteroatoms. The molecular formula is C21H25F3N4OS. The Hall–Kier alpha value is -2.81. The number of halogens is 3. The van der Waals surface area contributed by atoms with Crippen molar-refractivity contribution in [2.24, 2.45) is 9.98 Å². The molecule has 1 amide bonds. The molecule has 2 rings (SSSR count). The van der Waals surface area contributed by atoms with Crippen LogP contribution in [-0.2, 0) is 4.79 Å². The first-order chi connectivity index (χ1) is 14.1. The molecule has 0 bridgehead atoms. The molecule has 0 aromatic carbocycles. The van der Waals surface area contributed by atoms with Gasteiger partial charge in [-0.05, 0) is 31.4 Å². The second-order valence-corrected chi connectivity index (χ2v) is 7.09. The molecule has 30 heavy (non-hydrogen) atoms. The molecule has 2 aliphatic heterocycles. The SMILES string of the molecule is C=C/C=C/N=C/C=C/C=C(\C)CC(=O)NC1=C2SC=C(C)N2CC=N1.CC(F)(F)F. The van der Waals surface area contributed by atoms with E-state index in [1.807, 2.05) is 38.3 Å². The van der Waals surface area contributed by atoms with Crippen molar-refractivity contribution < 1.29 is 18.0 Å². The molecule has 0 radical (unpaired) electrons.